The Kier molecular flexibility index (Phi) is 5.93. The van der Waals surface area contributed by atoms with E-state index in [0.29, 0.717) is 26.3 Å². The molecule has 1 saturated heterocycles. The van der Waals surface area contributed by atoms with E-state index >= 15 is 0 Å². The van der Waals surface area contributed by atoms with Crippen LogP contribution in [0.4, 0.5) is 0 Å². The number of morpholine rings is 1. The molecule has 0 radical (unpaired) electrons. The smallest absolute Gasteiger partial charge is 0.239 e. The Balaban J connectivity index is 1.63. The molecule has 1 amide bonds. The SMILES string of the molecule is COc1ccc(CNC(=O)C2COCCN2)c(OC2CCCC2)c1. The van der Waals surface area contributed by atoms with Crippen LogP contribution in [0.5, 0.6) is 11.5 Å². The van der Waals surface area contributed by atoms with Crippen molar-refractivity contribution in [3.8, 4) is 11.5 Å². The normalized spacial score (nSPS) is 21.5. The van der Waals surface area contributed by atoms with Crippen LogP contribution in [0.15, 0.2) is 18.2 Å². The molecule has 0 aromatic heterocycles. The lowest BCUT2D eigenvalue weighted by atomic mass is 10.1. The molecule has 2 fully saturated rings. The second kappa shape index (κ2) is 8.35. The molecule has 1 atom stereocenters. The van der Waals surface area contributed by atoms with Crippen LogP contribution in [0.1, 0.15) is 31.2 Å². The fourth-order valence-electron chi connectivity index (χ4n) is 3.14. The first-order chi connectivity index (χ1) is 11.8. The largest absolute Gasteiger partial charge is 0.497 e. The van der Waals surface area contributed by atoms with E-state index in [9.17, 15) is 4.79 Å². The van der Waals surface area contributed by atoms with Crippen LogP contribution in [0, 0.1) is 0 Å². The number of nitrogens with one attached hydrogen (secondary N) is 2. The molecule has 3 rings (SSSR count). The molecule has 1 aromatic carbocycles. The lowest BCUT2D eigenvalue weighted by Crippen LogP contribution is -2.51. The first kappa shape index (κ1) is 17.0. The molecule has 2 N–H and O–H groups in total. The summed E-state index contributed by atoms with van der Waals surface area (Å²) in [6, 6.07) is 5.47. The highest BCUT2D eigenvalue weighted by atomic mass is 16.5. The van der Waals surface area contributed by atoms with E-state index in [1.54, 1.807) is 7.11 Å². The van der Waals surface area contributed by atoms with Gasteiger partial charge < -0.3 is 24.8 Å². The van der Waals surface area contributed by atoms with Gasteiger partial charge in [0, 0.05) is 24.7 Å². The van der Waals surface area contributed by atoms with E-state index in [0.717, 1.165) is 29.9 Å². The summed E-state index contributed by atoms with van der Waals surface area (Å²) in [6.07, 6.45) is 4.88. The fraction of sp³-hybridized carbons (Fsp3) is 0.611. The lowest BCUT2D eigenvalue weighted by molar-refractivity contribution is -0.126. The summed E-state index contributed by atoms with van der Waals surface area (Å²) < 4.78 is 16.8. The van der Waals surface area contributed by atoms with Crippen molar-refractivity contribution in [3.63, 3.8) is 0 Å². The number of ether oxygens (including phenoxy) is 3. The molecule has 1 heterocycles. The Morgan fingerprint density at radius 3 is 2.92 bits per heavy atom. The monoisotopic (exact) mass is 334 g/mol. The Hall–Kier alpha value is -1.79. The average molecular weight is 334 g/mol. The van der Waals surface area contributed by atoms with Crippen molar-refractivity contribution in [2.75, 3.05) is 26.9 Å². The van der Waals surface area contributed by atoms with Gasteiger partial charge in [-0.15, -0.1) is 0 Å². The van der Waals surface area contributed by atoms with Crippen LogP contribution >= 0.6 is 0 Å². The van der Waals surface area contributed by atoms with Crippen LogP contribution in [0.3, 0.4) is 0 Å². The highest BCUT2D eigenvalue weighted by Crippen LogP contribution is 2.30. The number of rotatable bonds is 6. The first-order valence-electron chi connectivity index (χ1n) is 8.68. The summed E-state index contributed by atoms with van der Waals surface area (Å²) in [7, 11) is 1.64. The summed E-state index contributed by atoms with van der Waals surface area (Å²) in [6.45, 7) is 2.21. The van der Waals surface area contributed by atoms with Crippen LogP contribution < -0.4 is 20.1 Å². The van der Waals surface area contributed by atoms with Crippen molar-refractivity contribution in [2.24, 2.45) is 0 Å². The number of carbonyl (C=O) groups excluding carboxylic acids is 1. The Morgan fingerprint density at radius 2 is 2.21 bits per heavy atom. The Bertz CT molecular complexity index is 552. The van der Waals surface area contributed by atoms with E-state index in [1.807, 2.05) is 18.2 Å². The minimum Gasteiger partial charge on any atom is -0.497 e. The molecule has 1 saturated carbocycles. The van der Waals surface area contributed by atoms with E-state index in [4.69, 9.17) is 14.2 Å². The van der Waals surface area contributed by atoms with Crippen molar-refractivity contribution < 1.29 is 19.0 Å². The Morgan fingerprint density at radius 1 is 1.38 bits per heavy atom. The predicted molar refractivity (Wildman–Crippen MR) is 90.3 cm³/mol. The summed E-state index contributed by atoms with van der Waals surface area (Å²) in [4.78, 5) is 12.2. The van der Waals surface area contributed by atoms with Gasteiger partial charge in [-0.1, -0.05) is 0 Å². The van der Waals surface area contributed by atoms with Crippen molar-refractivity contribution in [1.29, 1.82) is 0 Å². The maximum atomic E-state index is 12.2. The first-order valence-corrected chi connectivity index (χ1v) is 8.68. The quantitative estimate of drug-likeness (QED) is 0.827. The second-order valence-corrected chi connectivity index (χ2v) is 6.30. The summed E-state index contributed by atoms with van der Waals surface area (Å²) >= 11 is 0. The highest BCUT2D eigenvalue weighted by molar-refractivity contribution is 5.82. The third-order valence-electron chi connectivity index (χ3n) is 4.56. The third-order valence-corrected chi connectivity index (χ3v) is 4.56. The average Bonchev–Trinajstić information content (AvgIpc) is 3.14. The molecule has 0 spiro atoms. The molecular weight excluding hydrogens is 308 g/mol. The van der Waals surface area contributed by atoms with Gasteiger partial charge in [0.05, 0.1) is 26.4 Å². The minimum absolute atomic E-state index is 0.0441. The zero-order chi connectivity index (χ0) is 16.8. The molecule has 1 aromatic rings. The number of amides is 1. The van der Waals surface area contributed by atoms with E-state index in [-0.39, 0.29) is 18.1 Å². The van der Waals surface area contributed by atoms with Crippen molar-refractivity contribution in [3.05, 3.63) is 23.8 Å². The molecule has 1 aliphatic heterocycles. The molecular formula is C18H26N2O4. The second-order valence-electron chi connectivity index (χ2n) is 6.30. The fourth-order valence-corrected chi connectivity index (χ4v) is 3.14. The molecule has 1 aliphatic carbocycles. The van der Waals surface area contributed by atoms with Crippen LogP contribution in [0.2, 0.25) is 0 Å². The number of hydrogen-bond donors (Lipinski definition) is 2. The van der Waals surface area contributed by atoms with E-state index in [1.165, 1.54) is 12.8 Å². The number of methoxy groups -OCH3 is 1. The maximum Gasteiger partial charge on any atom is 0.239 e. The van der Waals surface area contributed by atoms with E-state index in [2.05, 4.69) is 10.6 Å². The molecule has 2 aliphatic rings. The lowest BCUT2D eigenvalue weighted by Gasteiger charge is -2.23. The van der Waals surface area contributed by atoms with Gasteiger partial charge in [0.2, 0.25) is 5.91 Å². The van der Waals surface area contributed by atoms with Gasteiger partial charge in [-0.25, -0.2) is 0 Å². The summed E-state index contributed by atoms with van der Waals surface area (Å²) in [5.74, 6) is 1.52. The van der Waals surface area contributed by atoms with Gasteiger partial charge in [0.15, 0.2) is 0 Å². The zero-order valence-corrected chi connectivity index (χ0v) is 14.2. The maximum absolute atomic E-state index is 12.2. The number of benzene rings is 1. The molecule has 132 valence electrons. The van der Waals surface area contributed by atoms with Gasteiger partial charge >= 0.3 is 0 Å². The van der Waals surface area contributed by atoms with Gasteiger partial charge in [-0.05, 0) is 37.8 Å². The van der Waals surface area contributed by atoms with Gasteiger partial charge in [-0.3, -0.25) is 4.79 Å². The third kappa shape index (κ3) is 4.39. The molecule has 6 heteroatoms. The van der Waals surface area contributed by atoms with E-state index < -0.39 is 0 Å². The van der Waals surface area contributed by atoms with Gasteiger partial charge in [-0.2, -0.15) is 0 Å². The topological polar surface area (TPSA) is 68.8 Å². The van der Waals surface area contributed by atoms with Crippen molar-refractivity contribution in [2.45, 2.75) is 44.4 Å². The predicted octanol–water partition coefficient (Wildman–Crippen LogP) is 1.62. The summed E-state index contributed by atoms with van der Waals surface area (Å²) in [5, 5.41) is 6.13. The number of hydrogen-bond acceptors (Lipinski definition) is 5. The molecule has 1 unspecified atom stereocenters. The van der Waals surface area contributed by atoms with Crippen LogP contribution in [-0.2, 0) is 16.1 Å². The molecule has 24 heavy (non-hydrogen) atoms. The molecule has 0 bridgehead atoms. The number of carbonyl (C=O) groups is 1. The van der Waals surface area contributed by atoms with Crippen molar-refractivity contribution in [1.82, 2.24) is 10.6 Å². The van der Waals surface area contributed by atoms with Crippen molar-refractivity contribution >= 4 is 5.91 Å². The molecule has 6 nitrogen and oxygen atoms in total. The minimum atomic E-state index is -0.281. The van der Waals surface area contributed by atoms with Gasteiger partial charge in [0.25, 0.3) is 0 Å². The highest BCUT2D eigenvalue weighted by Gasteiger charge is 2.22. The zero-order valence-electron chi connectivity index (χ0n) is 14.2. The van der Waals surface area contributed by atoms with Crippen LogP contribution in [-0.4, -0.2) is 44.9 Å². The Labute approximate surface area is 142 Å². The van der Waals surface area contributed by atoms with Gasteiger partial charge in [0.1, 0.15) is 17.5 Å². The summed E-state index contributed by atoms with van der Waals surface area (Å²) in [5.41, 5.74) is 0.966. The standard InChI is InChI=1S/C18H26N2O4/c1-22-15-7-6-13(17(10-15)24-14-4-2-3-5-14)11-20-18(21)16-12-23-9-8-19-16/h6-7,10,14,16,19H,2-5,8-9,11-12H2,1H3,(H,20,21). The van der Waals surface area contributed by atoms with Crippen LogP contribution in [0.25, 0.3) is 0 Å².